The smallest absolute Gasteiger partial charge is 0.151 e. The summed E-state index contributed by atoms with van der Waals surface area (Å²) in [6.07, 6.45) is 2.59. The van der Waals surface area contributed by atoms with Gasteiger partial charge in [0.1, 0.15) is 0 Å². The largest absolute Gasteiger partial charge is 0.298 e. The van der Waals surface area contributed by atoms with Crippen LogP contribution in [0, 0.1) is 0 Å². The van der Waals surface area contributed by atoms with E-state index in [2.05, 4.69) is 31.9 Å². The second-order valence-electron chi connectivity index (χ2n) is 5.88. The third-order valence-electron chi connectivity index (χ3n) is 4.67. The Kier molecular flexibility index (Phi) is 3.97. The number of hydrogen-bond donors (Lipinski definition) is 0. The van der Waals surface area contributed by atoms with Crippen molar-refractivity contribution in [2.45, 2.75) is 0 Å². The molecule has 4 aromatic rings. The maximum Gasteiger partial charge on any atom is 0.151 e. The van der Waals surface area contributed by atoms with Gasteiger partial charge in [-0.15, -0.1) is 0 Å². The highest BCUT2D eigenvalue weighted by Crippen LogP contribution is 2.43. The van der Waals surface area contributed by atoms with Crippen LogP contribution in [-0.4, -0.2) is 25.1 Å². The van der Waals surface area contributed by atoms with Crippen LogP contribution in [0.1, 0.15) is 41.4 Å². The van der Waals surface area contributed by atoms with E-state index in [1.54, 1.807) is 24.3 Å². The molecule has 4 nitrogen and oxygen atoms in total. The van der Waals surface area contributed by atoms with Crippen molar-refractivity contribution < 1.29 is 19.2 Å². The molecule has 0 unspecified atom stereocenters. The van der Waals surface area contributed by atoms with Gasteiger partial charge in [0.05, 0.1) is 0 Å². The molecule has 0 saturated heterocycles. The first-order valence-electron chi connectivity index (χ1n) is 7.53. The fourth-order valence-electron chi connectivity index (χ4n) is 3.69. The molecule has 6 heteroatoms. The van der Waals surface area contributed by atoms with Gasteiger partial charge in [0.2, 0.25) is 0 Å². The van der Waals surface area contributed by atoms with E-state index in [-0.39, 0.29) is 22.3 Å². The maximum absolute atomic E-state index is 11.8. The minimum absolute atomic E-state index is 0.258. The van der Waals surface area contributed by atoms with E-state index in [0.29, 0.717) is 66.4 Å². The zero-order valence-corrected chi connectivity index (χ0v) is 16.2. The number of aldehydes is 4. The highest BCUT2D eigenvalue weighted by Gasteiger charge is 2.23. The van der Waals surface area contributed by atoms with E-state index in [1.807, 2.05) is 0 Å². The van der Waals surface area contributed by atoms with E-state index in [4.69, 9.17) is 0 Å². The first-order chi connectivity index (χ1) is 12.5. The summed E-state index contributed by atoms with van der Waals surface area (Å²) in [6, 6.07) is 6.98. The van der Waals surface area contributed by atoms with Crippen molar-refractivity contribution in [1.29, 1.82) is 0 Å². The zero-order chi connectivity index (χ0) is 18.6. The van der Waals surface area contributed by atoms with Crippen LogP contribution in [0.4, 0.5) is 0 Å². The van der Waals surface area contributed by atoms with Gasteiger partial charge in [-0.05, 0) is 56.6 Å². The van der Waals surface area contributed by atoms with E-state index < -0.39 is 0 Å². The van der Waals surface area contributed by atoms with Crippen LogP contribution in [0.25, 0.3) is 32.3 Å². The zero-order valence-electron chi connectivity index (χ0n) is 13.0. The number of hydrogen-bond acceptors (Lipinski definition) is 4. The summed E-state index contributed by atoms with van der Waals surface area (Å²) in [5.41, 5.74) is 1.03. The molecule has 4 aromatic carbocycles. The second kappa shape index (κ2) is 6.07. The Hall–Kier alpha value is -2.44. The molecule has 4 rings (SSSR count). The van der Waals surface area contributed by atoms with Crippen molar-refractivity contribution in [1.82, 2.24) is 0 Å². The van der Waals surface area contributed by atoms with Crippen molar-refractivity contribution in [2.75, 3.05) is 0 Å². The SMILES string of the molecule is O=Cc1c(C=O)c2cc(Br)cc3c(C=O)c(C=O)c4cc(Br)cc1c4c23. The standard InChI is InChI=1S/C20H8Br2O4/c21-9-1-11-15(5-23)16(6-24)13-3-10(22)4-14-18(8-26)17(7-25)12(2-9)19(11)20(13)14/h1-8H. The molecule has 0 aliphatic heterocycles. The summed E-state index contributed by atoms with van der Waals surface area (Å²) in [5, 5.41) is 3.62. The molecule has 0 radical (unpaired) electrons. The molecule has 0 bridgehead atoms. The highest BCUT2D eigenvalue weighted by atomic mass is 79.9. The molecule has 0 aromatic heterocycles. The van der Waals surface area contributed by atoms with Gasteiger partial charge in [-0.2, -0.15) is 0 Å². The van der Waals surface area contributed by atoms with E-state index in [0.717, 1.165) is 0 Å². The number of benzene rings is 4. The molecule has 0 aliphatic rings. The van der Waals surface area contributed by atoms with Crippen LogP contribution in [0.2, 0.25) is 0 Å². The highest BCUT2D eigenvalue weighted by molar-refractivity contribution is 9.10. The van der Waals surface area contributed by atoms with Gasteiger partial charge in [0.15, 0.2) is 25.1 Å². The van der Waals surface area contributed by atoms with Crippen molar-refractivity contribution in [3.05, 3.63) is 55.5 Å². The Morgan fingerprint density at radius 2 is 0.731 bits per heavy atom. The van der Waals surface area contributed by atoms with Gasteiger partial charge in [-0.3, -0.25) is 19.2 Å². The Bertz CT molecular complexity index is 1080. The Morgan fingerprint density at radius 3 is 0.923 bits per heavy atom. The molecule has 0 atom stereocenters. The minimum atomic E-state index is 0.258. The molecule has 0 spiro atoms. The fourth-order valence-corrected chi connectivity index (χ4v) is 4.61. The van der Waals surface area contributed by atoms with E-state index in [1.165, 1.54) is 0 Å². The predicted octanol–water partition coefficient (Wildman–Crippen LogP) is 5.36. The van der Waals surface area contributed by atoms with E-state index in [9.17, 15) is 19.2 Å². The van der Waals surface area contributed by atoms with Crippen LogP contribution in [0.5, 0.6) is 0 Å². The van der Waals surface area contributed by atoms with Crippen LogP contribution in [-0.2, 0) is 0 Å². The maximum atomic E-state index is 11.8. The summed E-state index contributed by atoms with van der Waals surface area (Å²) in [6.45, 7) is 0. The van der Waals surface area contributed by atoms with E-state index >= 15 is 0 Å². The molecule has 0 saturated carbocycles. The number of halogens is 2. The summed E-state index contributed by atoms with van der Waals surface area (Å²) >= 11 is 6.78. The van der Waals surface area contributed by atoms with Gasteiger partial charge in [0, 0.05) is 31.2 Å². The van der Waals surface area contributed by atoms with Crippen molar-refractivity contribution >= 4 is 89.3 Å². The van der Waals surface area contributed by atoms with Gasteiger partial charge in [-0.1, -0.05) is 31.9 Å². The average molecular weight is 472 g/mol. The molecule has 0 fully saturated rings. The van der Waals surface area contributed by atoms with Crippen LogP contribution in [0.15, 0.2) is 33.2 Å². The number of carbonyl (C=O) groups is 4. The lowest BCUT2D eigenvalue weighted by Crippen LogP contribution is -2.02. The van der Waals surface area contributed by atoms with Crippen LogP contribution in [0.3, 0.4) is 0 Å². The molecule has 0 amide bonds. The first kappa shape index (κ1) is 17.0. The molecule has 126 valence electrons. The molecular weight excluding hydrogens is 464 g/mol. The normalized spacial score (nSPS) is 11.3. The summed E-state index contributed by atoms with van der Waals surface area (Å²) < 4.78 is 1.29. The average Bonchev–Trinajstić information content (AvgIpc) is 2.63. The molecule has 0 heterocycles. The van der Waals surface area contributed by atoms with Gasteiger partial charge < -0.3 is 0 Å². The van der Waals surface area contributed by atoms with Crippen LogP contribution < -0.4 is 0 Å². The predicted molar refractivity (Wildman–Crippen MR) is 107 cm³/mol. The third kappa shape index (κ3) is 2.12. The topological polar surface area (TPSA) is 68.3 Å². The Balaban J connectivity index is 2.55. The first-order valence-corrected chi connectivity index (χ1v) is 9.12. The molecule has 0 N–H and O–H groups in total. The second-order valence-corrected chi connectivity index (χ2v) is 7.71. The Morgan fingerprint density at radius 1 is 0.500 bits per heavy atom. The minimum Gasteiger partial charge on any atom is -0.298 e. The monoisotopic (exact) mass is 470 g/mol. The van der Waals surface area contributed by atoms with Crippen molar-refractivity contribution in [3.63, 3.8) is 0 Å². The van der Waals surface area contributed by atoms with Gasteiger partial charge in [-0.25, -0.2) is 0 Å². The molecule has 26 heavy (non-hydrogen) atoms. The summed E-state index contributed by atoms with van der Waals surface area (Å²) in [4.78, 5) is 47.2. The fraction of sp³-hybridized carbons (Fsp3) is 0. The lowest BCUT2D eigenvalue weighted by Gasteiger charge is -2.18. The summed E-state index contributed by atoms with van der Waals surface area (Å²) in [7, 11) is 0. The Labute approximate surface area is 163 Å². The lowest BCUT2D eigenvalue weighted by atomic mass is 9.84. The number of rotatable bonds is 4. The third-order valence-corrected chi connectivity index (χ3v) is 5.58. The van der Waals surface area contributed by atoms with Gasteiger partial charge >= 0.3 is 0 Å². The molecular formula is C20H8Br2O4. The summed E-state index contributed by atoms with van der Waals surface area (Å²) in [5.74, 6) is 0. The van der Waals surface area contributed by atoms with Crippen LogP contribution >= 0.6 is 31.9 Å². The lowest BCUT2D eigenvalue weighted by molar-refractivity contribution is 0.109. The molecule has 0 aliphatic carbocycles. The van der Waals surface area contributed by atoms with Crippen molar-refractivity contribution in [3.8, 4) is 0 Å². The van der Waals surface area contributed by atoms with Gasteiger partial charge in [0.25, 0.3) is 0 Å². The van der Waals surface area contributed by atoms with Crippen molar-refractivity contribution in [2.24, 2.45) is 0 Å². The quantitative estimate of drug-likeness (QED) is 0.297. The number of carbonyl (C=O) groups excluding carboxylic acids is 4.